The number of ether oxygens (including phenoxy) is 1. The van der Waals surface area contributed by atoms with Gasteiger partial charge in [0.2, 0.25) is 5.91 Å². The summed E-state index contributed by atoms with van der Waals surface area (Å²) in [6, 6.07) is 17.9. The Labute approximate surface area is 150 Å². The van der Waals surface area contributed by atoms with Crippen LogP contribution in [0.15, 0.2) is 54.6 Å². The fourth-order valence-corrected chi connectivity index (χ4v) is 2.33. The van der Waals surface area contributed by atoms with Crippen LogP contribution in [0.1, 0.15) is 32.8 Å². The molecule has 4 nitrogen and oxygen atoms in total. The Morgan fingerprint density at radius 2 is 1.80 bits per heavy atom. The Bertz CT molecular complexity index is 663. The largest absolute Gasteiger partial charge is 0.494 e. The second-order valence-electron chi connectivity index (χ2n) is 7.12. The zero-order chi connectivity index (χ0) is 18.1. The summed E-state index contributed by atoms with van der Waals surface area (Å²) in [4.78, 5) is 12.0. The zero-order valence-electron chi connectivity index (χ0n) is 15.3. The number of carbonyl (C=O) groups is 1. The Morgan fingerprint density at radius 1 is 1.04 bits per heavy atom. The minimum Gasteiger partial charge on any atom is -0.494 e. The Kier molecular flexibility index (Phi) is 7.02. The van der Waals surface area contributed by atoms with E-state index in [1.54, 1.807) is 0 Å². The molecule has 2 N–H and O–H groups in total. The molecule has 0 aliphatic heterocycles. The average molecular weight is 340 g/mol. The van der Waals surface area contributed by atoms with Crippen molar-refractivity contribution in [3.8, 4) is 5.75 Å². The van der Waals surface area contributed by atoms with Crippen molar-refractivity contribution in [2.45, 2.75) is 39.2 Å². The lowest BCUT2D eigenvalue weighted by molar-refractivity contribution is -0.115. The highest BCUT2D eigenvalue weighted by Gasteiger charge is 2.11. The van der Waals surface area contributed by atoms with Crippen molar-refractivity contribution >= 4 is 11.6 Å². The van der Waals surface area contributed by atoms with Gasteiger partial charge >= 0.3 is 0 Å². The van der Waals surface area contributed by atoms with E-state index in [0.29, 0.717) is 6.61 Å². The van der Waals surface area contributed by atoms with Gasteiger partial charge in [-0.15, -0.1) is 0 Å². The van der Waals surface area contributed by atoms with Crippen molar-refractivity contribution in [2.24, 2.45) is 0 Å². The molecule has 134 valence electrons. The summed E-state index contributed by atoms with van der Waals surface area (Å²) in [6.07, 6.45) is 1.95. The van der Waals surface area contributed by atoms with Crippen molar-refractivity contribution in [3.63, 3.8) is 0 Å². The molecule has 0 spiro atoms. The van der Waals surface area contributed by atoms with E-state index >= 15 is 0 Å². The smallest absolute Gasteiger partial charge is 0.238 e. The van der Waals surface area contributed by atoms with Crippen LogP contribution < -0.4 is 15.4 Å². The molecule has 0 atom stereocenters. The number of aryl methyl sites for hydroxylation is 1. The van der Waals surface area contributed by atoms with E-state index in [1.165, 1.54) is 5.56 Å². The van der Waals surface area contributed by atoms with Crippen LogP contribution in [0.3, 0.4) is 0 Å². The van der Waals surface area contributed by atoms with E-state index in [4.69, 9.17) is 4.74 Å². The second-order valence-corrected chi connectivity index (χ2v) is 7.12. The van der Waals surface area contributed by atoms with E-state index < -0.39 is 0 Å². The first-order valence-electron chi connectivity index (χ1n) is 8.74. The fourth-order valence-electron chi connectivity index (χ4n) is 2.33. The zero-order valence-corrected chi connectivity index (χ0v) is 15.3. The van der Waals surface area contributed by atoms with Crippen molar-refractivity contribution in [2.75, 3.05) is 18.5 Å². The van der Waals surface area contributed by atoms with Crippen LogP contribution in [-0.4, -0.2) is 24.6 Å². The SMILES string of the molecule is CC(C)(C)NCC(=O)Nc1cccc(OCCCc2ccccc2)c1. The molecule has 1 amide bonds. The van der Waals surface area contributed by atoms with Gasteiger partial charge in [-0.1, -0.05) is 36.4 Å². The lowest BCUT2D eigenvalue weighted by Crippen LogP contribution is -2.41. The highest BCUT2D eigenvalue weighted by Crippen LogP contribution is 2.17. The van der Waals surface area contributed by atoms with E-state index in [1.807, 2.05) is 51.1 Å². The average Bonchev–Trinajstić information content (AvgIpc) is 2.58. The van der Waals surface area contributed by atoms with Crippen molar-refractivity contribution in [1.29, 1.82) is 0 Å². The van der Waals surface area contributed by atoms with Crippen LogP contribution in [0, 0.1) is 0 Å². The van der Waals surface area contributed by atoms with Gasteiger partial charge in [0, 0.05) is 17.3 Å². The summed E-state index contributed by atoms with van der Waals surface area (Å²) in [5, 5.41) is 6.06. The molecule has 25 heavy (non-hydrogen) atoms. The van der Waals surface area contributed by atoms with Crippen LogP contribution >= 0.6 is 0 Å². The molecular weight excluding hydrogens is 312 g/mol. The third-order valence-electron chi connectivity index (χ3n) is 3.62. The number of carbonyl (C=O) groups excluding carboxylic acids is 1. The molecule has 0 aromatic heterocycles. The summed E-state index contributed by atoms with van der Waals surface area (Å²) in [7, 11) is 0. The van der Waals surface area contributed by atoms with Crippen LogP contribution in [0.25, 0.3) is 0 Å². The molecule has 0 fully saturated rings. The predicted octanol–water partition coefficient (Wildman–Crippen LogP) is 4.02. The highest BCUT2D eigenvalue weighted by atomic mass is 16.5. The third-order valence-corrected chi connectivity index (χ3v) is 3.62. The van der Waals surface area contributed by atoms with E-state index in [9.17, 15) is 4.79 Å². The third kappa shape index (κ3) is 7.86. The molecule has 0 aliphatic rings. The molecule has 0 aliphatic carbocycles. The lowest BCUT2D eigenvalue weighted by atomic mass is 10.1. The van der Waals surface area contributed by atoms with Gasteiger partial charge in [0.05, 0.1) is 13.2 Å². The van der Waals surface area contributed by atoms with Crippen LogP contribution in [0.2, 0.25) is 0 Å². The first-order chi connectivity index (χ1) is 11.9. The molecule has 4 heteroatoms. The monoisotopic (exact) mass is 340 g/mol. The molecular formula is C21H28N2O2. The molecule has 0 heterocycles. The van der Waals surface area contributed by atoms with Gasteiger partial charge in [-0.05, 0) is 51.3 Å². The molecule has 2 rings (SSSR count). The second kappa shape index (κ2) is 9.23. The number of nitrogens with one attached hydrogen (secondary N) is 2. The Morgan fingerprint density at radius 3 is 2.52 bits per heavy atom. The fraction of sp³-hybridized carbons (Fsp3) is 0.381. The summed E-state index contributed by atoms with van der Waals surface area (Å²) in [5.74, 6) is 0.714. The van der Waals surface area contributed by atoms with Crippen molar-refractivity contribution in [1.82, 2.24) is 5.32 Å². The van der Waals surface area contributed by atoms with Crippen molar-refractivity contribution < 1.29 is 9.53 Å². The lowest BCUT2D eigenvalue weighted by Gasteiger charge is -2.20. The van der Waals surface area contributed by atoms with Gasteiger partial charge in [-0.2, -0.15) is 0 Å². The van der Waals surface area contributed by atoms with Gasteiger partial charge in [0.25, 0.3) is 0 Å². The summed E-state index contributed by atoms with van der Waals surface area (Å²) >= 11 is 0. The Hall–Kier alpha value is -2.33. The minimum absolute atomic E-state index is 0.0591. The maximum Gasteiger partial charge on any atom is 0.238 e. The van der Waals surface area contributed by atoms with E-state index in [0.717, 1.165) is 24.3 Å². The number of anilines is 1. The molecule has 0 bridgehead atoms. The predicted molar refractivity (Wildman–Crippen MR) is 103 cm³/mol. The maximum atomic E-state index is 12.0. The molecule has 0 saturated heterocycles. The summed E-state index contributed by atoms with van der Waals surface area (Å²) in [6.45, 7) is 7.03. The normalized spacial score (nSPS) is 11.2. The van der Waals surface area contributed by atoms with Gasteiger partial charge < -0.3 is 15.4 Å². The minimum atomic E-state index is -0.0823. The van der Waals surface area contributed by atoms with Gasteiger partial charge in [-0.3, -0.25) is 4.79 Å². The number of hydrogen-bond acceptors (Lipinski definition) is 3. The Balaban J connectivity index is 1.75. The molecule has 2 aromatic rings. The summed E-state index contributed by atoms with van der Waals surface area (Å²) < 4.78 is 5.80. The highest BCUT2D eigenvalue weighted by molar-refractivity contribution is 5.92. The van der Waals surface area contributed by atoms with E-state index in [-0.39, 0.29) is 18.0 Å². The van der Waals surface area contributed by atoms with Crippen LogP contribution in [0.4, 0.5) is 5.69 Å². The molecule has 0 saturated carbocycles. The molecule has 0 unspecified atom stereocenters. The summed E-state index contributed by atoms with van der Waals surface area (Å²) in [5.41, 5.74) is 1.99. The standard InChI is InChI=1S/C21H28N2O2/c1-21(2,3)22-16-20(24)23-18-12-7-13-19(15-18)25-14-8-11-17-9-5-4-6-10-17/h4-7,9-10,12-13,15,22H,8,11,14,16H2,1-3H3,(H,23,24). The maximum absolute atomic E-state index is 12.0. The quantitative estimate of drug-likeness (QED) is 0.714. The van der Waals surface area contributed by atoms with Gasteiger partial charge in [0.1, 0.15) is 5.75 Å². The van der Waals surface area contributed by atoms with E-state index in [2.05, 4.69) is 34.9 Å². The van der Waals surface area contributed by atoms with Crippen molar-refractivity contribution in [3.05, 3.63) is 60.2 Å². The first kappa shape index (κ1) is 19.0. The van der Waals surface area contributed by atoms with Crippen LogP contribution in [-0.2, 0) is 11.2 Å². The van der Waals surface area contributed by atoms with Gasteiger partial charge in [0.15, 0.2) is 0 Å². The topological polar surface area (TPSA) is 50.4 Å². The molecule has 0 radical (unpaired) electrons. The van der Waals surface area contributed by atoms with Crippen LogP contribution in [0.5, 0.6) is 5.75 Å². The number of rotatable bonds is 8. The number of benzene rings is 2. The van der Waals surface area contributed by atoms with Gasteiger partial charge in [-0.25, -0.2) is 0 Å². The number of amides is 1. The number of hydrogen-bond donors (Lipinski definition) is 2. The first-order valence-corrected chi connectivity index (χ1v) is 8.74. The molecule has 2 aromatic carbocycles.